The first kappa shape index (κ1) is 17.9. The third kappa shape index (κ3) is 4.75. The molecule has 1 amide bonds. The predicted molar refractivity (Wildman–Crippen MR) is 92.8 cm³/mol. The van der Waals surface area contributed by atoms with Crippen LogP contribution in [0.3, 0.4) is 0 Å². The molecule has 0 aliphatic heterocycles. The summed E-state index contributed by atoms with van der Waals surface area (Å²) in [7, 11) is 1.59. The fraction of sp³-hybridized carbons (Fsp3) is 0.222. The van der Waals surface area contributed by atoms with Gasteiger partial charge in [-0.15, -0.1) is 11.3 Å². The summed E-state index contributed by atoms with van der Waals surface area (Å²) in [5, 5.41) is 11.8. The zero-order valence-electron chi connectivity index (χ0n) is 13.2. The highest BCUT2D eigenvalue weighted by Gasteiger charge is 2.11. The van der Waals surface area contributed by atoms with Crippen LogP contribution in [0.2, 0.25) is 0 Å². The average molecular weight is 344 g/mol. The van der Waals surface area contributed by atoms with E-state index in [1.165, 1.54) is 23.5 Å². The maximum Gasteiger partial charge on any atom is 0.261 e. The summed E-state index contributed by atoms with van der Waals surface area (Å²) >= 11 is 1.33. The van der Waals surface area contributed by atoms with E-state index in [0.29, 0.717) is 25.1 Å². The number of carbonyl (C=O) groups is 1. The first-order valence-electron chi connectivity index (χ1n) is 7.39. The van der Waals surface area contributed by atoms with Crippen molar-refractivity contribution < 1.29 is 13.9 Å². The largest absolute Gasteiger partial charge is 0.385 e. The van der Waals surface area contributed by atoms with Crippen LogP contribution in [0.5, 0.6) is 0 Å². The zero-order valence-corrected chi connectivity index (χ0v) is 14.0. The van der Waals surface area contributed by atoms with Crippen molar-refractivity contribution >= 4 is 23.3 Å². The Bertz CT molecular complexity index is 777. The highest BCUT2D eigenvalue weighted by atomic mass is 32.1. The van der Waals surface area contributed by atoms with Gasteiger partial charge in [0.2, 0.25) is 0 Å². The normalized spacial score (nSPS) is 11.1. The van der Waals surface area contributed by atoms with Gasteiger partial charge in [0.1, 0.15) is 17.5 Å². The van der Waals surface area contributed by atoms with Crippen LogP contribution in [0.1, 0.15) is 11.3 Å². The molecular weight excluding hydrogens is 327 g/mol. The number of thiophene rings is 1. The van der Waals surface area contributed by atoms with Crippen molar-refractivity contribution in [3.63, 3.8) is 0 Å². The second-order valence-electron chi connectivity index (χ2n) is 4.95. The SMILES string of the molecule is COCCCNC(=O)/C(C#N)=C/c1ccc(-c2ccccc2F)s1. The van der Waals surface area contributed by atoms with Gasteiger partial charge in [0.25, 0.3) is 5.91 Å². The van der Waals surface area contributed by atoms with Crippen LogP contribution >= 0.6 is 11.3 Å². The molecule has 0 atom stereocenters. The van der Waals surface area contributed by atoms with Crippen molar-refractivity contribution in [3.05, 3.63) is 52.7 Å². The third-order valence-electron chi connectivity index (χ3n) is 3.23. The van der Waals surface area contributed by atoms with Gasteiger partial charge in [0.15, 0.2) is 0 Å². The number of ether oxygens (including phenoxy) is 1. The number of hydrogen-bond donors (Lipinski definition) is 1. The molecule has 2 aromatic rings. The third-order valence-corrected chi connectivity index (χ3v) is 4.29. The van der Waals surface area contributed by atoms with Crippen molar-refractivity contribution in [1.29, 1.82) is 5.26 Å². The summed E-state index contributed by atoms with van der Waals surface area (Å²) in [6, 6.07) is 11.9. The predicted octanol–water partition coefficient (Wildman–Crippen LogP) is 3.61. The van der Waals surface area contributed by atoms with E-state index in [4.69, 9.17) is 10.00 Å². The van der Waals surface area contributed by atoms with E-state index in [2.05, 4.69) is 5.32 Å². The minimum absolute atomic E-state index is 0.0225. The Kier molecular flexibility index (Phi) is 6.67. The lowest BCUT2D eigenvalue weighted by atomic mass is 10.2. The number of benzene rings is 1. The van der Waals surface area contributed by atoms with E-state index in [1.54, 1.807) is 37.4 Å². The minimum Gasteiger partial charge on any atom is -0.385 e. The molecule has 0 saturated heterocycles. The number of amides is 1. The Morgan fingerprint density at radius 2 is 2.17 bits per heavy atom. The molecule has 0 spiro atoms. The maximum absolute atomic E-state index is 13.8. The Labute approximate surface area is 144 Å². The van der Waals surface area contributed by atoms with E-state index in [0.717, 1.165) is 9.75 Å². The number of hydrogen-bond acceptors (Lipinski definition) is 4. The Morgan fingerprint density at radius 1 is 1.38 bits per heavy atom. The number of nitrogens with zero attached hydrogens (tertiary/aromatic N) is 1. The Balaban J connectivity index is 2.11. The van der Waals surface area contributed by atoms with Gasteiger partial charge in [-0.25, -0.2) is 4.39 Å². The van der Waals surface area contributed by atoms with Crippen LogP contribution < -0.4 is 5.32 Å². The van der Waals surface area contributed by atoms with E-state index in [9.17, 15) is 9.18 Å². The molecule has 1 N–H and O–H groups in total. The fourth-order valence-electron chi connectivity index (χ4n) is 2.04. The standard InChI is InChI=1S/C18H17FN2O2S/c1-23-10-4-9-21-18(22)13(12-20)11-14-7-8-17(24-14)15-5-2-3-6-16(15)19/h2-3,5-8,11H,4,9-10H2,1H3,(H,21,22)/b13-11+. The summed E-state index contributed by atoms with van der Waals surface area (Å²) in [5.74, 6) is -0.722. The molecule has 0 bridgehead atoms. The number of halogens is 1. The first-order valence-corrected chi connectivity index (χ1v) is 8.21. The van der Waals surface area contributed by atoms with Gasteiger partial charge in [-0.05, 0) is 30.7 Å². The summed E-state index contributed by atoms with van der Waals surface area (Å²) in [6.45, 7) is 0.986. The molecule has 124 valence electrons. The average Bonchev–Trinajstić information content (AvgIpc) is 3.05. The van der Waals surface area contributed by atoms with Crippen molar-refractivity contribution in [2.24, 2.45) is 0 Å². The smallest absolute Gasteiger partial charge is 0.261 e. The lowest BCUT2D eigenvalue weighted by Crippen LogP contribution is -2.26. The number of rotatable bonds is 7. The van der Waals surface area contributed by atoms with Crippen LogP contribution in [0.25, 0.3) is 16.5 Å². The van der Waals surface area contributed by atoms with E-state index < -0.39 is 5.91 Å². The molecule has 0 radical (unpaired) electrons. The van der Waals surface area contributed by atoms with Crippen molar-refractivity contribution in [2.75, 3.05) is 20.3 Å². The highest BCUT2D eigenvalue weighted by Crippen LogP contribution is 2.31. The topological polar surface area (TPSA) is 62.1 Å². The van der Waals surface area contributed by atoms with Crippen LogP contribution in [0.15, 0.2) is 42.0 Å². The summed E-state index contributed by atoms with van der Waals surface area (Å²) < 4.78 is 18.7. The van der Waals surface area contributed by atoms with E-state index in [-0.39, 0.29) is 11.4 Å². The van der Waals surface area contributed by atoms with Crippen LogP contribution in [0.4, 0.5) is 4.39 Å². The molecule has 1 aromatic heterocycles. The number of methoxy groups -OCH3 is 1. The lowest BCUT2D eigenvalue weighted by molar-refractivity contribution is -0.117. The molecule has 24 heavy (non-hydrogen) atoms. The second kappa shape index (κ2) is 8.96. The first-order chi connectivity index (χ1) is 11.7. The molecule has 2 rings (SSSR count). The van der Waals surface area contributed by atoms with Crippen LogP contribution in [0, 0.1) is 17.1 Å². The van der Waals surface area contributed by atoms with Gasteiger partial charge in [-0.1, -0.05) is 18.2 Å². The quantitative estimate of drug-likeness (QED) is 0.474. The van der Waals surface area contributed by atoms with Crippen molar-refractivity contribution in [3.8, 4) is 16.5 Å². The Hall–Kier alpha value is -2.49. The zero-order chi connectivity index (χ0) is 17.4. The van der Waals surface area contributed by atoms with Gasteiger partial charge in [0.05, 0.1) is 0 Å². The fourth-order valence-corrected chi connectivity index (χ4v) is 3.02. The molecule has 6 heteroatoms. The highest BCUT2D eigenvalue weighted by molar-refractivity contribution is 7.16. The minimum atomic E-state index is -0.422. The Morgan fingerprint density at radius 3 is 2.88 bits per heavy atom. The number of carbonyl (C=O) groups excluding carboxylic acids is 1. The maximum atomic E-state index is 13.8. The molecule has 0 saturated carbocycles. The molecule has 1 heterocycles. The monoisotopic (exact) mass is 344 g/mol. The summed E-state index contributed by atoms with van der Waals surface area (Å²) in [5.41, 5.74) is 0.527. The molecule has 0 aliphatic carbocycles. The number of nitriles is 1. The van der Waals surface area contributed by atoms with Crippen molar-refractivity contribution in [1.82, 2.24) is 5.32 Å². The van der Waals surface area contributed by atoms with E-state index >= 15 is 0 Å². The second-order valence-corrected chi connectivity index (χ2v) is 6.07. The lowest BCUT2D eigenvalue weighted by Gasteiger charge is -2.03. The molecule has 1 aromatic carbocycles. The van der Waals surface area contributed by atoms with Gasteiger partial charge < -0.3 is 10.1 Å². The molecule has 0 fully saturated rings. The van der Waals surface area contributed by atoms with Gasteiger partial charge in [0, 0.05) is 35.6 Å². The van der Waals surface area contributed by atoms with Crippen LogP contribution in [-0.2, 0) is 9.53 Å². The van der Waals surface area contributed by atoms with E-state index in [1.807, 2.05) is 6.07 Å². The molecule has 4 nitrogen and oxygen atoms in total. The van der Waals surface area contributed by atoms with Gasteiger partial charge >= 0.3 is 0 Å². The number of nitrogens with one attached hydrogen (secondary N) is 1. The van der Waals surface area contributed by atoms with Gasteiger partial charge in [-0.3, -0.25) is 4.79 Å². The molecular formula is C18H17FN2O2S. The van der Waals surface area contributed by atoms with Gasteiger partial charge in [-0.2, -0.15) is 5.26 Å². The molecule has 0 unspecified atom stereocenters. The summed E-state index contributed by atoms with van der Waals surface area (Å²) in [6.07, 6.45) is 2.19. The summed E-state index contributed by atoms with van der Waals surface area (Å²) in [4.78, 5) is 13.4. The van der Waals surface area contributed by atoms with Crippen LogP contribution in [-0.4, -0.2) is 26.2 Å². The van der Waals surface area contributed by atoms with Crippen molar-refractivity contribution in [2.45, 2.75) is 6.42 Å². The molecule has 0 aliphatic rings.